The maximum Gasteiger partial charge on any atom is 0.223 e. The lowest BCUT2D eigenvalue weighted by Gasteiger charge is -2.33. The first kappa shape index (κ1) is 22.2. The highest BCUT2D eigenvalue weighted by atomic mass is 35.5. The van der Waals surface area contributed by atoms with E-state index in [0.717, 1.165) is 11.4 Å². The van der Waals surface area contributed by atoms with Crippen LogP contribution < -0.4 is 4.74 Å². The van der Waals surface area contributed by atoms with Gasteiger partial charge in [-0.2, -0.15) is 5.10 Å². The lowest BCUT2D eigenvalue weighted by Crippen LogP contribution is -2.43. The van der Waals surface area contributed by atoms with Gasteiger partial charge in [0, 0.05) is 32.1 Å². The summed E-state index contributed by atoms with van der Waals surface area (Å²) in [6.07, 6.45) is 7.45. The molecule has 1 aliphatic heterocycles. The van der Waals surface area contributed by atoms with Gasteiger partial charge in [0.1, 0.15) is 11.9 Å². The normalized spacial score (nSPS) is 20.1. The molecule has 0 N–H and O–H groups in total. The second kappa shape index (κ2) is 10.5. The van der Waals surface area contributed by atoms with Crippen LogP contribution in [0.5, 0.6) is 5.75 Å². The van der Waals surface area contributed by atoms with Crippen LogP contribution in [0.1, 0.15) is 56.0 Å². The second-order valence-corrected chi connectivity index (χ2v) is 9.03. The Hall–Kier alpha value is -2.05. The number of morpholine rings is 1. The predicted octanol–water partition coefficient (Wildman–Crippen LogP) is 4.57. The van der Waals surface area contributed by atoms with Crippen molar-refractivity contribution in [2.75, 3.05) is 26.3 Å². The topological polar surface area (TPSA) is 56.6 Å². The van der Waals surface area contributed by atoms with Crippen molar-refractivity contribution in [1.82, 2.24) is 14.7 Å². The minimum Gasteiger partial charge on any atom is -0.492 e. The zero-order valence-electron chi connectivity index (χ0n) is 18.3. The van der Waals surface area contributed by atoms with Gasteiger partial charge < -0.3 is 14.4 Å². The molecule has 0 radical (unpaired) electrons. The second-order valence-electron chi connectivity index (χ2n) is 8.62. The molecule has 0 unspecified atom stereocenters. The minimum absolute atomic E-state index is 0.173. The number of para-hydroxylation sites is 1. The van der Waals surface area contributed by atoms with Crippen LogP contribution >= 0.6 is 11.6 Å². The van der Waals surface area contributed by atoms with Gasteiger partial charge in [0.05, 0.1) is 30.5 Å². The molecule has 2 aromatic rings. The predicted molar refractivity (Wildman–Crippen MR) is 120 cm³/mol. The highest BCUT2D eigenvalue weighted by molar-refractivity contribution is 6.32. The number of hydrogen-bond donors (Lipinski definition) is 0. The molecule has 1 amide bonds. The van der Waals surface area contributed by atoms with Gasteiger partial charge in [0.25, 0.3) is 0 Å². The van der Waals surface area contributed by atoms with Gasteiger partial charge in [0.15, 0.2) is 0 Å². The summed E-state index contributed by atoms with van der Waals surface area (Å²) in [6, 6.07) is 9.55. The molecule has 0 bridgehead atoms. The molecule has 2 fully saturated rings. The van der Waals surface area contributed by atoms with Crippen molar-refractivity contribution in [1.29, 1.82) is 0 Å². The fraction of sp³-hybridized carbons (Fsp3) is 0.583. The van der Waals surface area contributed by atoms with Crippen LogP contribution in [-0.2, 0) is 23.0 Å². The number of halogens is 1. The molecule has 1 saturated carbocycles. The van der Waals surface area contributed by atoms with Crippen LogP contribution in [0, 0.1) is 5.92 Å². The van der Waals surface area contributed by atoms with E-state index in [1.807, 2.05) is 40.9 Å². The molecular formula is C24H32ClN3O3. The molecular weight excluding hydrogens is 414 g/mol. The summed E-state index contributed by atoms with van der Waals surface area (Å²) in [5.41, 5.74) is 1.95. The Balaban J connectivity index is 1.31. The molecule has 7 heteroatoms. The van der Waals surface area contributed by atoms with Crippen molar-refractivity contribution < 1.29 is 14.3 Å². The quantitative estimate of drug-likeness (QED) is 0.626. The zero-order valence-corrected chi connectivity index (χ0v) is 19.0. The van der Waals surface area contributed by atoms with Gasteiger partial charge in [-0.25, -0.2) is 0 Å². The smallest absolute Gasteiger partial charge is 0.223 e. The number of amides is 1. The Morgan fingerprint density at radius 2 is 2.06 bits per heavy atom. The number of aryl methyl sites for hydroxylation is 1. The first-order valence-electron chi connectivity index (χ1n) is 11.4. The average molecular weight is 446 g/mol. The average Bonchev–Trinajstić information content (AvgIpc) is 3.16. The van der Waals surface area contributed by atoms with Crippen molar-refractivity contribution in [3.05, 3.63) is 46.7 Å². The van der Waals surface area contributed by atoms with Crippen LogP contribution in [0.4, 0.5) is 0 Å². The van der Waals surface area contributed by atoms with Crippen molar-refractivity contribution in [3.8, 4) is 5.75 Å². The van der Waals surface area contributed by atoms with Crippen molar-refractivity contribution in [2.24, 2.45) is 13.0 Å². The molecule has 168 valence electrons. The number of rotatable bonds is 7. The Labute approximate surface area is 189 Å². The molecule has 4 rings (SSSR count). The molecule has 1 aromatic heterocycles. The van der Waals surface area contributed by atoms with Gasteiger partial charge in [0.2, 0.25) is 5.91 Å². The Kier molecular flexibility index (Phi) is 7.51. The number of aromatic nitrogens is 2. The number of ether oxygens (including phenoxy) is 2. The number of nitrogens with zero attached hydrogens (tertiary/aromatic N) is 3. The van der Waals surface area contributed by atoms with Crippen molar-refractivity contribution in [3.63, 3.8) is 0 Å². The summed E-state index contributed by atoms with van der Waals surface area (Å²) >= 11 is 6.15. The molecule has 1 saturated heterocycles. The van der Waals surface area contributed by atoms with Crippen LogP contribution in [0.25, 0.3) is 0 Å². The van der Waals surface area contributed by atoms with Gasteiger partial charge in [-0.1, -0.05) is 43.0 Å². The van der Waals surface area contributed by atoms with E-state index in [0.29, 0.717) is 55.8 Å². The highest BCUT2D eigenvalue weighted by Crippen LogP contribution is 2.29. The van der Waals surface area contributed by atoms with E-state index >= 15 is 0 Å². The van der Waals surface area contributed by atoms with Crippen LogP contribution in [-0.4, -0.2) is 46.9 Å². The molecule has 1 aliphatic carbocycles. The van der Waals surface area contributed by atoms with Gasteiger partial charge in [-0.05, 0) is 37.0 Å². The summed E-state index contributed by atoms with van der Waals surface area (Å²) in [6.45, 7) is 2.33. The third-order valence-corrected chi connectivity index (χ3v) is 6.70. The van der Waals surface area contributed by atoms with Gasteiger partial charge >= 0.3 is 0 Å². The standard InChI is InChI=1S/C24H32ClN3O3/c1-27-19(11-13-30-22-10-6-5-9-20(22)25)16-21(26-27)23-17-28(12-14-31-23)24(29)15-18-7-3-2-4-8-18/h5-6,9-10,16,18,23H,2-4,7-8,11-15,17H2,1H3/t23-/m1/s1. The van der Waals surface area contributed by atoms with E-state index in [9.17, 15) is 4.79 Å². The summed E-state index contributed by atoms with van der Waals surface area (Å²) in [5, 5.41) is 5.27. The number of carbonyl (C=O) groups is 1. The van der Waals surface area contributed by atoms with E-state index in [4.69, 9.17) is 21.1 Å². The number of benzene rings is 1. The fourth-order valence-corrected chi connectivity index (χ4v) is 4.76. The zero-order chi connectivity index (χ0) is 21.6. The van der Waals surface area contributed by atoms with Crippen LogP contribution in [0.15, 0.2) is 30.3 Å². The Morgan fingerprint density at radius 1 is 1.26 bits per heavy atom. The van der Waals surface area contributed by atoms with Gasteiger partial charge in [-0.3, -0.25) is 9.48 Å². The van der Waals surface area contributed by atoms with E-state index in [2.05, 4.69) is 11.2 Å². The molecule has 0 spiro atoms. The monoisotopic (exact) mass is 445 g/mol. The SMILES string of the molecule is Cn1nc([C@H]2CN(C(=O)CC3CCCCC3)CCO2)cc1CCOc1ccccc1Cl. The van der Waals surface area contributed by atoms with Crippen LogP contribution in [0.2, 0.25) is 5.02 Å². The largest absolute Gasteiger partial charge is 0.492 e. The highest BCUT2D eigenvalue weighted by Gasteiger charge is 2.29. The number of hydrogen-bond acceptors (Lipinski definition) is 4. The maximum absolute atomic E-state index is 12.8. The van der Waals surface area contributed by atoms with E-state index in [1.165, 1.54) is 32.1 Å². The fourth-order valence-electron chi connectivity index (χ4n) is 4.57. The summed E-state index contributed by atoms with van der Waals surface area (Å²) in [5.74, 6) is 1.51. The lowest BCUT2D eigenvalue weighted by molar-refractivity contribution is -0.140. The van der Waals surface area contributed by atoms with E-state index < -0.39 is 0 Å². The molecule has 1 atom stereocenters. The lowest BCUT2D eigenvalue weighted by atomic mass is 9.86. The van der Waals surface area contributed by atoms with Gasteiger partial charge in [-0.15, -0.1) is 0 Å². The van der Waals surface area contributed by atoms with Crippen molar-refractivity contribution >= 4 is 17.5 Å². The van der Waals surface area contributed by atoms with Crippen LogP contribution in [0.3, 0.4) is 0 Å². The minimum atomic E-state index is -0.173. The summed E-state index contributed by atoms with van der Waals surface area (Å²) in [7, 11) is 1.93. The molecule has 2 heterocycles. The molecule has 6 nitrogen and oxygen atoms in total. The first-order chi connectivity index (χ1) is 15.1. The molecule has 31 heavy (non-hydrogen) atoms. The van der Waals surface area contributed by atoms with E-state index in [1.54, 1.807) is 0 Å². The molecule has 1 aromatic carbocycles. The van der Waals surface area contributed by atoms with E-state index in [-0.39, 0.29) is 12.0 Å². The number of carbonyl (C=O) groups excluding carboxylic acids is 1. The maximum atomic E-state index is 12.8. The van der Waals surface area contributed by atoms with Crippen molar-refractivity contribution in [2.45, 2.75) is 51.0 Å². The Morgan fingerprint density at radius 3 is 2.87 bits per heavy atom. The third-order valence-electron chi connectivity index (χ3n) is 6.39. The summed E-state index contributed by atoms with van der Waals surface area (Å²) < 4.78 is 13.7. The Bertz CT molecular complexity index is 879. The first-order valence-corrected chi connectivity index (χ1v) is 11.8. The summed E-state index contributed by atoms with van der Waals surface area (Å²) in [4.78, 5) is 14.8. The molecule has 2 aliphatic rings. The third kappa shape index (κ3) is 5.80.